The predicted octanol–water partition coefficient (Wildman–Crippen LogP) is 0.835. The molecule has 2 N–H and O–H groups in total. The molecular formula is C17H27ClN4O2. The van der Waals surface area contributed by atoms with Gasteiger partial charge < -0.3 is 20.4 Å². The van der Waals surface area contributed by atoms with Gasteiger partial charge in [-0.25, -0.2) is 0 Å². The summed E-state index contributed by atoms with van der Waals surface area (Å²) in [5.41, 5.74) is 1.06. The summed E-state index contributed by atoms with van der Waals surface area (Å²) >= 11 is 0. The van der Waals surface area contributed by atoms with Crippen molar-refractivity contribution in [2.45, 2.75) is 6.42 Å². The third kappa shape index (κ3) is 6.11. The van der Waals surface area contributed by atoms with E-state index >= 15 is 0 Å². The minimum absolute atomic E-state index is 0. The molecule has 2 rings (SSSR count). The Morgan fingerprint density at radius 1 is 1.21 bits per heavy atom. The Labute approximate surface area is 150 Å². The lowest BCUT2D eigenvalue weighted by Crippen LogP contribution is -2.44. The number of hydrogen-bond acceptors (Lipinski definition) is 4. The van der Waals surface area contributed by atoms with Crippen LogP contribution in [-0.2, 0) is 0 Å². The van der Waals surface area contributed by atoms with Gasteiger partial charge in [-0.3, -0.25) is 9.59 Å². The van der Waals surface area contributed by atoms with Crippen LogP contribution in [0, 0.1) is 0 Å². The first-order valence-corrected chi connectivity index (χ1v) is 8.11. The summed E-state index contributed by atoms with van der Waals surface area (Å²) in [4.78, 5) is 28.0. The molecule has 1 saturated heterocycles. The van der Waals surface area contributed by atoms with Crippen LogP contribution < -0.4 is 10.6 Å². The fraction of sp³-hybridized carbons (Fsp3) is 0.529. The molecule has 0 atom stereocenters. The molecule has 0 saturated carbocycles. The Morgan fingerprint density at radius 2 is 1.88 bits per heavy atom. The van der Waals surface area contributed by atoms with Crippen LogP contribution in [-0.4, -0.2) is 75.0 Å². The van der Waals surface area contributed by atoms with Crippen LogP contribution in [0.1, 0.15) is 27.1 Å². The largest absolute Gasteiger partial charge is 0.352 e. The smallest absolute Gasteiger partial charge is 0.253 e. The van der Waals surface area contributed by atoms with Gasteiger partial charge in [-0.15, -0.1) is 12.4 Å². The summed E-state index contributed by atoms with van der Waals surface area (Å²) < 4.78 is 0. The molecule has 1 aliphatic heterocycles. The number of carbonyl (C=O) groups excluding carboxylic acids is 2. The van der Waals surface area contributed by atoms with Crippen molar-refractivity contribution in [3.63, 3.8) is 0 Å². The zero-order valence-electron chi connectivity index (χ0n) is 14.4. The quantitative estimate of drug-likeness (QED) is 0.743. The minimum Gasteiger partial charge on any atom is -0.352 e. The second-order valence-corrected chi connectivity index (χ2v) is 5.98. The molecule has 0 aliphatic carbocycles. The van der Waals surface area contributed by atoms with E-state index in [2.05, 4.69) is 15.5 Å². The van der Waals surface area contributed by atoms with Crippen molar-refractivity contribution in [3.05, 3.63) is 35.4 Å². The predicted molar refractivity (Wildman–Crippen MR) is 98.0 cm³/mol. The maximum absolute atomic E-state index is 12.2. The average molecular weight is 355 g/mol. The van der Waals surface area contributed by atoms with Crippen molar-refractivity contribution < 1.29 is 9.59 Å². The van der Waals surface area contributed by atoms with E-state index in [1.165, 1.54) is 4.90 Å². The van der Waals surface area contributed by atoms with Gasteiger partial charge in [0.2, 0.25) is 0 Å². The third-order valence-electron chi connectivity index (χ3n) is 3.92. The van der Waals surface area contributed by atoms with Crippen molar-refractivity contribution in [1.82, 2.24) is 20.4 Å². The Morgan fingerprint density at radius 3 is 2.54 bits per heavy atom. The van der Waals surface area contributed by atoms with Gasteiger partial charge in [-0.1, -0.05) is 6.07 Å². The van der Waals surface area contributed by atoms with E-state index in [4.69, 9.17) is 0 Å². The molecule has 7 heteroatoms. The summed E-state index contributed by atoms with van der Waals surface area (Å²) in [6, 6.07) is 6.85. The monoisotopic (exact) mass is 354 g/mol. The summed E-state index contributed by atoms with van der Waals surface area (Å²) in [6.07, 6.45) is 0.933. The van der Waals surface area contributed by atoms with Crippen LogP contribution in [0.25, 0.3) is 0 Å². The molecule has 1 heterocycles. The number of hydrogen-bond donors (Lipinski definition) is 2. The highest BCUT2D eigenvalue weighted by Gasteiger charge is 2.12. The van der Waals surface area contributed by atoms with Crippen molar-refractivity contribution >= 4 is 24.2 Å². The summed E-state index contributed by atoms with van der Waals surface area (Å²) in [5, 5.41) is 6.25. The lowest BCUT2D eigenvalue weighted by atomic mass is 10.1. The molecule has 2 amide bonds. The Balaban J connectivity index is 0.00000288. The van der Waals surface area contributed by atoms with Crippen LogP contribution in [0.5, 0.6) is 0 Å². The zero-order valence-corrected chi connectivity index (χ0v) is 15.2. The number of benzene rings is 1. The molecule has 1 fully saturated rings. The van der Waals surface area contributed by atoms with Crippen LogP contribution in [0.15, 0.2) is 24.3 Å². The number of halogens is 1. The van der Waals surface area contributed by atoms with Crippen molar-refractivity contribution in [1.29, 1.82) is 0 Å². The van der Waals surface area contributed by atoms with Gasteiger partial charge in [0, 0.05) is 57.9 Å². The van der Waals surface area contributed by atoms with Gasteiger partial charge in [0.25, 0.3) is 11.8 Å². The summed E-state index contributed by atoms with van der Waals surface area (Å²) in [6.45, 7) is 5.87. The number of rotatable bonds is 6. The summed E-state index contributed by atoms with van der Waals surface area (Å²) in [5.74, 6) is -0.225. The molecule has 24 heavy (non-hydrogen) atoms. The van der Waals surface area contributed by atoms with Gasteiger partial charge in [0.1, 0.15) is 0 Å². The molecule has 0 aromatic heterocycles. The van der Waals surface area contributed by atoms with E-state index in [0.29, 0.717) is 17.7 Å². The van der Waals surface area contributed by atoms with Gasteiger partial charge in [0.05, 0.1) is 0 Å². The van der Waals surface area contributed by atoms with E-state index in [1.807, 2.05) is 0 Å². The highest BCUT2D eigenvalue weighted by atomic mass is 35.5. The Hall–Kier alpha value is -1.63. The second-order valence-electron chi connectivity index (χ2n) is 5.98. The Bertz CT molecular complexity index is 545. The summed E-state index contributed by atoms with van der Waals surface area (Å²) in [7, 11) is 3.40. The molecule has 1 aromatic carbocycles. The molecule has 1 aromatic rings. The molecule has 0 spiro atoms. The topological polar surface area (TPSA) is 64.7 Å². The molecular weight excluding hydrogens is 328 g/mol. The normalized spacial score (nSPS) is 14.6. The molecule has 0 unspecified atom stereocenters. The van der Waals surface area contributed by atoms with Gasteiger partial charge in [-0.05, 0) is 31.2 Å². The number of piperazine rings is 1. The van der Waals surface area contributed by atoms with Crippen molar-refractivity contribution in [2.75, 3.05) is 53.4 Å². The number of carbonyl (C=O) groups is 2. The standard InChI is InChI=1S/C17H26N4O2.ClH/c1-20(2)17(23)15-6-3-5-14(13-15)16(22)19-7-4-10-21-11-8-18-9-12-21;/h3,5-6,13,18H,4,7-12H2,1-2H3,(H,19,22);1H. The van der Waals surface area contributed by atoms with Gasteiger partial charge in [-0.2, -0.15) is 0 Å². The van der Waals surface area contributed by atoms with Crippen LogP contribution >= 0.6 is 12.4 Å². The van der Waals surface area contributed by atoms with Gasteiger partial charge >= 0.3 is 0 Å². The van der Waals surface area contributed by atoms with Crippen molar-refractivity contribution in [2.24, 2.45) is 0 Å². The van der Waals surface area contributed by atoms with Crippen LogP contribution in [0.4, 0.5) is 0 Å². The Kier molecular flexibility index (Phi) is 8.74. The first-order valence-electron chi connectivity index (χ1n) is 8.11. The van der Waals surface area contributed by atoms with E-state index < -0.39 is 0 Å². The third-order valence-corrected chi connectivity index (χ3v) is 3.92. The highest BCUT2D eigenvalue weighted by Crippen LogP contribution is 2.07. The van der Waals surface area contributed by atoms with E-state index in [9.17, 15) is 9.59 Å². The SMILES string of the molecule is CN(C)C(=O)c1cccc(C(=O)NCCCN2CCNCC2)c1.Cl. The minimum atomic E-state index is -0.126. The molecule has 1 aliphatic rings. The fourth-order valence-electron chi connectivity index (χ4n) is 2.59. The van der Waals surface area contributed by atoms with Crippen molar-refractivity contribution in [3.8, 4) is 0 Å². The molecule has 0 radical (unpaired) electrons. The first-order chi connectivity index (χ1) is 11.1. The van der Waals surface area contributed by atoms with E-state index in [-0.39, 0.29) is 24.2 Å². The maximum atomic E-state index is 12.2. The van der Waals surface area contributed by atoms with Gasteiger partial charge in [0.15, 0.2) is 0 Å². The lowest BCUT2D eigenvalue weighted by Gasteiger charge is -2.27. The lowest BCUT2D eigenvalue weighted by molar-refractivity contribution is 0.0827. The molecule has 0 bridgehead atoms. The number of nitrogens with zero attached hydrogens (tertiary/aromatic N) is 2. The van der Waals surface area contributed by atoms with Crippen LogP contribution in [0.2, 0.25) is 0 Å². The molecule has 134 valence electrons. The fourth-order valence-corrected chi connectivity index (χ4v) is 2.59. The van der Waals surface area contributed by atoms with E-state index in [1.54, 1.807) is 38.4 Å². The highest BCUT2D eigenvalue weighted by molar-refractivity contribution is 5.99. The first kappa shape index (κ1) is 20.4. The second kappa shape index (κ2) is 10.3. The molecule has 6 nitrogen and oxygen atoms in total. The number of amides is 2. The zero-order chi connectivity index (χ0) is 16.7. The average Bonchev–Trinajstić information content (AvgIpc) is 2.58. The maximum Gasteiger partial charge on any atom is 0.253 e. The van der Waals surface area contributed by atoms with Crippen LogP contribution in [0.3, 0.4) is 0 Å². The van der Waals surface area contributed by atoms with E-state index in [0.717, 1.165) is 39.1 Å². The number of nitrogens with one attached hydrogen (secondary N) is 2.